The molecule has 1 aromatic carbocycles. The molecule has 1 saturated heterocycles. The van der Waals surface area contributed by atoms with Crippen LogP contribution in [0.3, 0.4) is 0 Å². The molecule has 1 saturated carbocycles. The monoisotopic (exact) mass is 468 g/mol. The van der Waals surface area contributed by atoms with E-state index in [4.69, 9.17) is 4.74 Å². The first-order chi connectivity index (χ1) is 16.2. The van der Waals surface area contributed by atoms with Crippen LogP contribution >= 0.6 is 0 Å². The number of allylic oxidation sites excluding steroid dienone is 1. The zero-order valence-electron chi connectivity index (χ0n) is 21.8. The first-order valence-corrected chi connectivity index (χ1v) is 13.1. The molecule has 1 aliphatic heterocycles. The molecule has 5 atom stereocenters. The largest absolute Gasteiger partial charge is 0.378 e. The Kier molecular flexibility index (Phi) is 8.97. The molecule has 0 bridgehead atoms. The van der Waals surface area contributed by atoms with E-state index in [1.165, 1.54) is 5.56 Å². The van der Waals surface area contributed by atoms with Crippen LogP contribution in [-0.2, 0) is 19.7 Å². The van der Waals surface area contributed by atoms with Gasteiger partial charge in [0, 0.05) is 31.5 Å². The second-order valence-electron chi connectivity index (χ2n) is 10.5. The predicted octanol–water partition coefficient (Wildman–Crippen LogP) is 5.25. The average Bonchev–Trinajstić information content (AvgIpc) is 3.54. The third-order valence-electron chi connectivity index (χ3n) is 8.47. The van der Waals surface area contributed by atoms with Crippen molar-refractivity contribution in [3.63, 3.8) is 0 Å². The maximum absolute atomic E-state index is 13.3. The maximum Gasteiger partial charge on any atom is 0.225 e. The van der Waals surface area contributed by atoms with Gasteiger partial charge in [-0.15, -0.1) is 0 Å². The molecule has 0 aromatic heterocycles. The predicted molar refractivity (Wildman–Crippen MR) is 137 cm³/mol. The molecular formula is C29H44N2O3. The van der Waals surface area contributed by atoms with Crippen LogP contribution in [0.4, 0.5) is 0 Å². The standard InChI is InChI=1S/C29H44N2O3/c1-7-20(2)21(3)15-16-26(32)31-19-11-14-25(31)27(34-6)22(4)28(33)30-23(5)29(17-18-29)24-12-9-8-10-13-24/h8-10,12-13,20,22-23,25,27H,3,7,11,14-19H2,1-2,4-6H3,(H,30,33)/t20-,22+,23+,25-,27+/m0/s1. The zero-order valence-corrected chi connectivity index (χ0v) is 21.8. The van der Waals surface area contributed by atoms with Crippen molar-refractivity contribution in [3.05, 3.63) is 48.0 Å². The van der Waals surface area contributed by atoms with Gasteiger partial charge in [0.1, 0.15) is 0 Å². The Morgan fingerprint density at radius 1 is 1.18 bits per heavy atom. The molecule has 1 aromatic rings. The van der Waals surface area contributed by atoms with E-state index < -0.39 is 0 Å². The van der Waals surface area contributed by atoms with Gasteiger partial charge in [0.2, 0.25) is 11.8 Å². The van der Waals surface area contributed by atoms with E-state index in [1.54, 1.807) is 7.11 Å². The normalized spacial score (nSPS) is 22.5. The molecule has 5 nitrogen and oxygen atoms in total. The number of ether oxygens (including phenoxy) is 1. The first kappa shape index (κ1) is 26.5. The Labute approximate surface area is 206 Å². The molecule has 0 radical (unpaired) electrons. The van der Waals surface area contributed by atoms with Crippen LogP contribution in [-0.4, -0.2) is 48.6 Å². The number of benzene rings is 1. The van der Waals surface area contributed by atoms with Gasteiger partial charge in [-0.25, -0.2) is 0 Å². The summed E-state index contributed by atoms with van der Waals surface area (Å²) in [5.41, 5.74) is 2.47. The van der Waals surface area contributed by atoms with Crippen LogP contribution in [0.1, 0.15) is 78.2 Å². The fourth-order valence-corrected chi connectivity index (χ4v) is 5.59. The van der Waals surface area contributed by atoms with E-state index in [0.29, 0.717) is 12.3 Å². The third kappa shape index (κ3) is 5.73. The van der Waals surface area contributed by atoms with Crippen LogP contribution in [0, 0.1) is 11.8 Å². The molecule has 2 aliphatic rings. The first-order valence-electron chi connectivity index (χ1n) is 13.1. The Balaban J connectivity index is 1.61. The van der Waals surface area contributed by atoms with Crippen LogP contribution in [0.15, 0.2) is 42.5 Å². The molecule has 5 heteroatoms. The van der Waals surface area contributed by atoms with E-state index >= 15 is 0 Å². The van der Waals surface area contributed by atoms with Crippen LogP contribution < -0.4 is 5.32 Å². The van der Waals surface area contributed by atoms with E-state index in [1.807, 2.05) is 17.9 Å². The van der Waals surface area contributed by atoms with Crippen molar-refractivity contribution in [2.24, 2.45) is 11.8 Å². The SMILES string of the molecule is C=C(CCC(=O)N1CCC[C@H]1[C@H](OC)[C@@H](C)C(=O)N[C@H](C)C1(c2ccccc2)CC1)[C@@H](C)CC. The van der Waals surface area contributed by atoms with Crippen LogP contribution in [0.5, 0.6) is 0 Å². The molecule has 3 rings (SSSR count). The summed E-state index contributed by atoms with van der Waals surface area (Å²) in [5.74, 6) is 0.250. The van der Waals surface area contributed by atoms with Gasteiger partial charge in [-0.2, -0.15) is 0 Å². The van der Waals surface area contributed by atoms with Gasteiger partial charge in [0.05, 0.1) is 18.1 Å². The van der Waals surface area contributed by atoms with Gasteiger partial charge in [0.25, 0.3) is 0 Å². The van der Waals surface area contributed by atoms with Crippen molar-refractivity contribution in [3.8, 4) is 0 Å². The zero-order chi connectivity index (χ0) is 24.9. The highest BCUT2D eigenvalue weighted by molar-refractivity contribution is 5.80. The molecule has 188 valence electrons. The van der Waals surface area contributed by atoms with Crippen molar-refractivity contribution in [1.82, 2.24) is 10.2 Å². The summed E-state index contributed by atoms with van der Waals surface area (Å²) in [6.07, 6.45) is 5.94. The smallest absolute Gasteiger partial charge is 0.225 e. The van der Waals surface area contributed by atoms with Crippen molar-refractivity contribution in [1.29, 1.82) is 0 Å². The van der Waals surface area contributed by atoms with E-state index in [0.717, 1.165) is 50.6 Å². The Bertz CT molecular complexity index is 848. The van der Waals surface area contributed by atoms with E-state index in [-0.39, 0.29) is 41.3 Å². The molecule has 0 spiro atoms. The minimum Gasteiger partial charge on any atom is -0.378 e. The average molecular weight is 469 g/mol. The number of methoxy groups -OCH3 is 1. The third-order valence-corrected chi connectivity index (χ3v) is 8.47. The van der Waals surface area contributed by atoms with Crippen molar-refractivity contribution in [2.75, 3.05) is 13.7 Å². The summed E-state index contributed by atoms with van der Waals surface area (Å²) in [6.45, 7) is 13.3. The molecule has 1 N–H and O–H groups in total. The molecule has 1 heterocycles. The minimum absolute atomic E-state index is 0.00556. The lowest BCUT2D eigenvalue weighted by atomic mass is 9.88. The number of nitrogens with one attached hydrogen (secondary N) is 1. The highest BCUT2D eigenvalue weighted by atomic mass is 16.5. The van der Waals surface area contributed by atoms with Crippen LogP contribution in [0.2, 0.25) is 0 Å². The fourth-order valence-electron chi connectivity index (χ4n) is 5.59. The maximum atomic E-state index is 13.3. The van der Waals surface area contributed by atoms with E-state index in [9.17, 15) is 9.59 Å². The van der Waals surface area contributed by atoms with Crippen LogP contribution in [0.25, 0.3) is 0 Å². The van der Waals surface area contributed by atoms with Crippen molar-refractivity contribution >= 4 is 11.8 Å². The summed E-state index contributed by atoms with van der Waals surface area (Å²) < 4.78 is 5.87. The van der Waals surface area contributed by atoms with Crippen molar-refractivity contribution < 1.29 is 14.3 Å². The second-order valence-corrected chi connectivity index (χ2v) is 10.5. The number of amides is 2. The molecular weight excluding hydrogens is 424 g/mol. The van der Waals surface area contributed by atoms with Gasteiger partial charge < -0.3 is 15.0 Å². The summed E-state index contributed by atoms with van der Waals surface area (Å²) in [6, 6.07) is 10.5. The minimum atomic E-state index is -0.340. The summed E-state index contributed by atoms with van der Waals surface area (Å²) in [7, 11) is 1.66. The summed E-state index contributed by atoms with van der Waals surface area (Å²) >= 11 is 0. The quantitative estimate of drug-likeness (QED) is 0.426. The molecule has 2 fully saturated rings. The van der Waals surface area contributed by atoms with Gasteiger partial charge in [0.15, 0.2) is 0 Å². The number of hydrogen-bond acceptors (Lipinski definition) is 3. The fraction of sp³-hybridized carbons (Fsp3) is 0.655. The Morgan fingerprint density at radius 2 is 1.85 bits per heavy atom. The molecule has 34 heavy (non-hydrogen) atoms. The van der Waals surface area contributed by atoms with Gasteiger partial charge in [-0.3, -0.25) is 9.59 Å². The van der Waals surface area contributed by atoms with Gasteiger partial charge in [-0.05, 0) is 56.9 Å². The number of hydrogen-bond donors (Lipinski definition) is 1. The van der Waals surface area contributed by atoms with Gasteiger partial charge >= 0.3 is 0 Å². The number of nitrogens with zero attached hydrogens (tertiary/aromatic N) is 1. The molecule has 2 amide bonds. The molecule has 0 unspecified atom stereocenters. The Morgan fingerprint density at radius 3 is 2.44 bits per heavy atom. The second kappa shape index (κ2) is 11.5. The number of carbonyl (C=O) groups is 2. The van der Waals surface area contributed by atoms with E-state index in [2.05, 4.69) is 56.9 Å². The number of likely N-dealkylation sites (tertiary alicyclic amines) is 1. The lowest BCUT2D eigenvalue weighted by Gasteiger charge is -2.35. The lowest BCUT2D eigenvalue weighted by molar-refractivity contribution is -0.140. The Hall–Kier alpha value is -2.14. The van der Waals surface area contributed by atoms with Gasteiger partial charge in [-0.1, -0.05) is 63.3 Å². The summed E-state index contributed by atoms with van der Waals surface area (Å²) in [5, 5.41) is 3.29. The lowest BCUT2D eigenvalue weighted by Crippen LogP contribution is -2.52. The number of carbonyl (C=O) groups excluding carboxylic acids is 2. The summed E-state index contributed by atoms with van der Waals surface area (Å²) in [4.78, 5) is 28.4. The number of rotatable bonds is 12. The highest BCUT2D eigenvalue weighted by Crippen LogP contribution is 2.50. The highest BCUT2D eigenvalue weighted by Gasteiger charge is 2.50. The topological polar surface area (TPSA) is 58.6 Å². The van der Waals surface area contributed by atoms with Crippen molar-refractivity contribution in [2.45, 2.75) is 96.2 Å². The molecule has 1 aliphatic carbocycles.